The molecule has 0 bridgehead atoms. The van der Waals surface area contributed by atoms with E-state index in [0.29, 0.717) is 12.2 Å². The Kier molecular flexibility index (Phi) is 4.79. The first-order valence-electron chi connectivity index (χ1n) is 6.40. The predicted octanol–water partition coefficient (Wildman–Crippen LogP) is 4.41. The lowest BCUT2D eigenvalue weighted by Crippen LogP contribution is -2.12. The number of rotatable bonds is 4. The maximum Gasteiger partial charge on any atom is 0.255 e. The number of anilines is 1. The van der Waals surface area contributed by atoms with Gasteiger partial charge < -0.3 is 10.1 Å². The Morgan fingerprint density at radius 3 is 2.50 bits per heavy atom. The molecule has 0 unspecified atom stereocenters. The summed E-state index contributed by atoms with van der Waals surface area (Å²) in [6.45, 7) is 4.49. The highest BCUT2D eigenvalue weighted by Gasteiger charge is 2.08. The molecule has 0 aliphatic rings. The summed E-state index contributed by atoms with van der Waals surface area (Å²) in [5.41, 5.74) is 2.34. The van der Waals surface area contributed by atoms with Crippen LogP contribution >= 0.6 is 15.9 Å². The number of ether oxygens (including phenoxy) is 1. The summed E-state index contributed by atoms with van der Waals surface area (Å²) in [6, 6.07) is 12.9. The van der Waals surface area contributed by atoms with Crippen LogP contribution in [0.3, 0.4) is 0 Å². The van der Waals surface area contributed by atoms with Crippen molar-refractivity contribution in [1.82, 2.24) is 0 Å². The molecule has 0 spiro atoms. The molecule has 0 fully saturated rings. The van der Waals surface area contributed by atoms with E-state index in [1.807, 2.05) is 50.2 Å². The van der Waals surface area contributed by atoms with Crippen LogP contribution < -0.4 is 10.1 Å². The minimum absolute atomic E-state index is 0.126. The highest BCUT2D eigenvalue weighted by molar-refractivity contribution is 9.10. The molecule has 2 aromatic rings. The van der Waals surface area contributed by atoms with Crippen molar-refractivity contribution in [1.29, 1.82) is 0 Å². The Bertz CT molecular complexity index is 608. The van der Waals surface area contributed by atoms with Gasteiger partial charge in [0.05, 0.1) is 6.61 Å². The van der Waals surface area contributed by atoms with Gasteiger partial charge in [-0.25, -0.2) is 0 Å². The van der Waals surface area contributed by atoms with E-state index >= 15 is 0 Å². The second kappa shape index (κ2) is 6.57. The van der Waals surface area contributed by atoms with Gasteiger partial charge in [0.25, 0.3) is 5.91 Å². The van der Waals surface area contributed by atoms with Crippen LogP contribution in [0.25, 0.3) is 0 Å². The number of nitrogens with one attached hydrogen (secondary N) is 1. The molecule has 1 N–H and O–H groups in total. The molecule has 0 saturated carbocycles. The van der Waals surface area contributed by atoms with Gasteiger partial charge in [0.2, 0.25) is 0 Å². The van der Waals surface area contributed by atoms with Gasteiger partial charge in [-0.2, -0.15) is 0 Å². The number of carbonyl (C=O) groups is 1. The van der Waals surface area contributed by atoms with Gasteiger partial charge in [0.15, 0.2) is 0 Å². The molecule has 20 heavy (non-hydrogen) atoms. The molecule has 2 rings (SSSR count). The minimum atomic E-state index is -0.126. The van der Waals surface area contributed by atoms with E-state index in [4.69, 9.17) is 4.74 Å². The van der Waals surface area contributed by atoms with Crippen molar-refractivity contribution in [2.24, 2.45) is 0 Å². The molecule has 1 amide bonds. The van der Waals surface area contributed by atoms with Gasteiger partial charge >= 0.3 is 0 Å². The number of aryl methyl sites for hydroxylation is 1. The van der Waals surface area contributed by atoms with E-state index in [1.165, 1.54) is 0 Å². The maximum atomic E-state index is 12.2. The first-order chi connectivity index (χ1) is 9.60. The summed E-state index contributed by atoms with van der Waals surface area (Å²) in [4.78, 5) is 12.2. The lowest BCUT2D eigenvalue weighted by Gasteiger charge is -2.09. The van der Waals surface area contributed by atoms with Gasteiger partial charge in [-0.05, 0) is 61.9 Å². The summed E-state index contributed by atoms with van der Waals surface area (Å²) >= 11 is 3.36. The second-order valence-electron chi connectivity index (χ2n) is 4.37. The van der Waals surface area contributed by atoms with E-state index in [1.54, 1.807) is 6.07 Å². The van der Waals surface area contributed by atoms with Crippen LogP contribution in [0, 0.1) is 6.92 Å². The van der Waals surface area contributed by atoms with Crippen molar-refractivity contribution in [2.45, 2.75) is 13.8 Å². The van der Waals surface area contributed by atoms with E-state index in [9.17, 15) is 4.79 Å². The van der Waals surface area contributed by atoms with Crippen LogP contribution in [0.4, 0.5) is 5.69 Å². The first kappa shape index (κ1) is 14.6. The van der Waals surface area contributed by atoms with Gasteiger partial charge in [0, 0.05) is 15.7 Å². The quantitative estimate of drug-likeness (QED) is 0.899. The molecule has 0 heterocycles. The first-order valence-corrected chi connectivity index (χ1v) is 7.20. The topological polar surface area (TPSA) is 38.3 Å². The largest absolute Gasteiger partial charge is 0.494 e. The number of halogens is 1. The zero-order valence-electron chi connectivity index (χ0n) is 11.4. The van der Waals surface area contributed by atoms with Gasteiger partial charge in [-0.15, -0.1) is 0 Å². The lowest BCUT2D eigenvalue weighted by atomic mass is 10.1. The molecule has 0 aliphatic heterocycles. The number of carbonyl (C=O) groups excluding carboxylic acids is 1. The molecular formula is C16H16BrNO2. The molecule has 0 radical (unpaired) electrons. The van der Waals surface area contributed by atoms with Crippen molar-refractivity contribution >= 4 is 27.5 Å². The van der Waals surface area contributed by atoms with Crippen LogP contribution in [0.5, 0.6) is 5.75 Å². The van der Waals surface area contributed by atoms with Crippen LogP contribution in [0.15, 0.2) is 46.9 Å². The number of benzene rings is 2. The van der Waals surface area contributed by atoms with E-state index in [-0.39, 0.29) is 5.91 Å². The molecule has 3 nitrogen and oxygen atoms in total. The molecule has 0 aliphatic carbocycles. The van der Waals surface area contributed by atoms with Crippen molar-refractivity contribution in [2.75, 3.05) is 11.9 Å². The Morgan fingerprint density at radius 2 is 1.90 bits per heavy atom. The number of amides is 1. The number of hydrogen-bond acceptors (Lipinski definition) is 2. The molecule has 2 aromatic carbocycles. The smallest absolute Gasteiger partial charge is 0.255 e. The van der Waals surface area contributed by atoms with Crippen molar-refractivity contribution in [3.8, 4) is 5.75 Å². The minimum Gasteiger partial charge on any atom is -0.494 e. The lowest BCUT2D eigenvalue weighted by molar-refractivity contribution is 0.102. The molecule has 0 saturated heterocycles. The van der Waals surface area contributed by atoms with Crippen molar-refractivity contribution < 1.29 is 9.53 Å². The molecule has 4 heteroatoms. The van der Waals surface area contributed by atoms with Crippen LogP contribution in [0.1, 0.15) is 22.8 Å². The van der Waals surface area contributed by atoms with Gasteiger partial charge in [-0.1, -0.05) is 15.9 Å². The standard InChI is InChI=1S/C16H16BrNO2/c1-3-20-15-9-4-12(10-11(15)2)16(19)18-14-7-5-13(17)6-8-14/h4-10H,3H2,1-2H3,(H,18,19). The summed E-state index contributed by atoms with van der Waals surface area (Å²) in [7, 11) is 0. The normalized spacial score (nSPS) is 10.2. The summed E-state index contributed by atoms with van der Waals surface area (Å²) < 4.78 is 6.44. The zero-order valence-corrected chi connectivity index (χ0v) is 13.0. The van der Waals surface area contributed by atoms with Crippen LogP contribution in [-0.4, -0.2) is 12.5 Å². The molecule has 0 atom stereocenters. The van der Waals surface area contributed by atoms with Crippen LogP contribution in [-0.2, 0) is 0 Å². The van der Waals surface area contributed by atoms with E-state index in [2.05, 4.69) is 21.2 Å². The van der Waals surface area contributed by atoms with Crippen LogP contribution in [0.2, 0.25) is 0 Å². The third kappa shape index (κ3) is 3.61. The van der Waals surface area contributed by atoms with Gasteiger partial charge in [0.1, 0.15) is 5.75 Å². The Labute approximate surface area is 127 Å². The van der Waals surface area contributed by atoms with Crippen molar-refractivity contribution in [3.63, 3.8) is 0 Å². The fraction of sp³-hybridized carbons (Fsp3) is 0.188. The Balaban J connectivity index is 2.13. The number of hydrogen-bond donors (Lipinski definition) is 1. The summed E-state index contributed by atoms with van der Waals surface area (Å²) in [6.07, 6.45) is 0. The molecular weight excluding hydrogens is 318 g/mol. The van der Waals surface area contributed by atoms with E-state index in [0.717, 1.165) is 21.5 Å². The molecule has 104 valence electrons. The average molecular weight is 334 g/mol. The zero-order chi connectivity index (χ0) is 14.5. The fourth-order valence-electron chi connectivity index (χ4n) is 1.84. The second-order valence-corrected chi connectivity index (χ2v) is 5.29. The fourth-order valence-corrected chi connectivity index (χ4v) is 2.11. The monoisotopic (exact) mass is 333 g/mol. The molecule has 0 aromatic heterocycles. The Morgan fingerprint density at radius 1 is 1.20 bits per heavy atom. The third-order valence-corrected chi connectivity index (χ3v) is 3.37. The highest BCUT2D eigenvalue weighted by Crippen LogP contribution is 2.20. The highest BCUT2D eigenvalue weighted by atomic mass is 79.9. The SMILES string of the molecule is CCOc1ccc(C(=O)Nc2ccc(Br)cc2)cc1C. The maximum absolute atomic E-state index is 12.2. The van der Waals surface area contributed by atoms with Gasteiger partial charge in [-0.3, -0.25) is 4.79 Å². The Hall–Kier alpha value is -1.81. The van der Waals surface area contributed by atoms with E-state index < -0.39 is 0 Å². The summed E-state index contributed by atoms with van der Waals surface area (Å²) in [5.74, 6) is 0.686. The average Bonchev–Trinajstić information content (AvgIpc) is 2.44. The third-order valence-electron chi connectivity index (χ3n) is 2.84. The summed E-state index contributed by atoms with van der Waals surface area (Å²) in [5, 5.41) is 2.86. The van der Waals surface area contributed by atoms with Crippen molar-refractivity contribution in [3.05, 3.63) is 58.1 Å². The predicted molar refractivity (Wildman–Crippen MR) is 84.4 cm³/mol.